The third-order valence-electron chi connectivity index (χ3n) is 2.91. The molecule has 1 rings (SSSR count). The molecule has 1 fully saturated rings. The molecule has 5 nitrogen and oxygen atoms in total. The zero-order valence-corrected chi connectivity index (χ0v) is 10.7. The summed E-state index contributed by atoms with van der Waals surface area (Å²) in [5, 5.41) is 8.75. The molecular formula is C12H22N2O3. The molecule has 0 unspecified atom stereocenters. The average Bonchev–Trinajstić information content (AvgIpc) is 3.00. The van der Waals surface area contributed by atoms with Crippen LogP contribution in [0.3, 0.4) is 0 Å². The maximum Gasteiger partial charge on any atom is 0.317 e. The van der Waals surface area contributed by atoms with Crippen molar-refractivity contribution in [3.05, 3.63) is 0 Å². The molecule has 1 aliphatic carbocycles. The molecule has 0 bridgehead atoms. The van der Waals surface area contributed by atoms with Crippen molar-refractivity contribution in [1.82, 2.24) is 9.80 Å². The molecule has 5 heteroatoms. The molecule has 0 heterocycles. The van der Waals surface area contributed by atoms with Gasteiger partial charge in [0.2, 0.25) is 5.91 Å². The first-order valence-corrected chi connectivity index (χ1v) is 6.21. The molecule has 0 saturated heterocycles. The number of hydrogen-bond acceptors (Lipinski definition) is 3. The van der Waals surface area contributed by atoms with Gasteiger partial charge in [-0.15, -0.1) is 0 Å². The molecule has 0 radical (unpaired) electrons. The van der Waals surface area contributed by atoms with E-state index in [-0.39, 0.29) is 19.0 Å². The Morgan fingerprint density at radius 3 is 2.41 bits per heavy atom. The van der Waals surface area contributed by atoms with Gasteiger partial charge >= 0.3 is 5.97 Å². The molecule has 1 aliphatic rings. The SMILES string of the molecule is CCCN(CC(=O)O)CC(=O)N(C)CC1CC1. The molecular weight excluding hydrogens is 220 g/mol. The molecule has 0 aliphatic heterocycles. The Morgan fingerprint density at radius 1 is 1.29 bits per heavy atom. The van der Waals surface area contributed by atoms with E-state index >= 15 is 0 Å². The lowest BCUT2D eigenvalue weighted by molar-refractivity contribution is -0.139. The van der Waals surface area contributed by atoms with Gasteiger partial charge in [0, 0.05) is 13.6 Å². The average molecular weight is 242 g/mol. The van der Waals surface area contributed by atoms with Gasteiger partial charge in [-0.25, -0.2) is 0 Å². The van der Waals surface area contributed by atoms with Gasteiger partial charge in [-0.3, -0.25) is 14.5 Å². The topological polar surface area (TPSA) is 60.9 Å². The van der Waals surface area contributed by atoms with E-state index in [2.05, 4.69) is 0 Å². The number of carbonyl (C=O) groups is 2. The van der Waals surface area contributed by atoms with Crippen molar-refractivity contribution in [2.45, 2.75) is 26.2 Å². The van der Waals surface area contributed by atoms with E-state index in [9.17, 15) is 9.59 Å². The van der Waals surface area contributed by atoms with Crippen LogP contribution in [0.15, 0.2) is 0 Å². The fourth-order valence-electron chi connectivity index (χ4n) is 1.82. The third-order valence-corrected chi connectivity index (χ3v) is 2.91. The monoisotopic (exact) mass is 242 g/mol. The van der Waals surface area contributed by atoms with Crippen LogP contribution in [-0.2, 0) is 9.59 Å². The van der Waals surface area contributed by atoms with E-state index < -0.39 is 5.97 Å². The first-order valence-electron chi connectivity index (χ1n) is 6.21. The number of aliphatic carboxylic acids is 1. The zero-order valence-electron chi connectivity index (χ0n) is 10.7. The number of hydrogen-bond donors (Lipinski definition) is 1. The van der Waals surface area contributed by atoms with Crippen LogP contribution in [0.4, 0.5) is 0 Å². The summed E-state index contributed by atoms with van der Waals surface area (Å²) in [6, 6.07) is 0. The fourth-order valence-corrected chi connectivity index (χ4v) is 1.82. The van der Waals surface area contributed by atoms with E-state index in [0.29, 0.717) is 12.5 Å². The summed E-state index contributed by atoms with van der Waals surface area (Å²) in [6.45, 7) is 3.59. The van der Waals surface area contributed by atoms with Gasteiger partial charge in [0.15, 0.2) is 0 Å². The van der Waals surface area contributed by atoms with Crippen molar-refractivity contribution in [1.29, 1.82) is 0 Å². The van der Waals surface area contributed by atoms with Gasteiger partial charge in [0.25, 0.3) is 0 Å². The summed E-state index contributed by atoms with van der Waals surface area (Å²) in [5.74, 6) is -0.189. The summed E-state index contributed by atoms with van der Waals surface area (Å²) in [5.41, 5.74) is 0. The van der Waals surface area contributed by atoms with Gasteiger partial charge in [-0.1, -0.05) is 6.92 Å². The summed E-state index contributed by atoms with van der Waals surface area (Å²) in [4.78, 5) is 25.9. The smallest absolute Gasteiger partial charge is 0.317 e. The van der Waals surface area contributed by atoms with E-state index in [0.717, 1.165) is 13.0 Å². The van der Waals surface area contributed by atoms with Gasteiger partial charge < -0.3 is 10.0 Å². The minimum atomic E-state index is -0.879. The Bertz CT molecular complexity index is 277. The Labute approximate surface area is 102 Å². The lowest BCUT2D eigenvalue weighted by Gasteiger charge is -2.23. The van der Waals surface area contributed by atoms with Crippen molar-refractivity contribution < 1.29 is 14.7 Å². The molecule has 98 valence electrons. The van der Waals surface area contributed by atoms with Crippen molar-refractivity contribution >= 4 is 11.9 Å². The molecule has 0 aromatic heterocycles. The van der Waals surface area contributed by atoms with Crippen LogP contribution in [0.5, 0.6) is 0 Å². The van der Waals surface area contributed by atoms with Crippen LogP contribution in [0.25, 0.3) is 0 Å². The van der Waals surface area contributed by atoms with E-state index in [1.807, 2.05) is 6.92 Å². The molecule has 17 heavy (non-hydrogen) atoms. The van der Waals surface area contributed by atoms with Crippen molar-refractivity contribution in [3.63, 3.8) is 0 Å². The number of rotatable bonds is 8. The molecule has 0 atom stereocenters. The number of amides is 1. The third kappa shape index (κ3) is 5.68. The van der Waals surface area contributed by atoms with E-state index in [4.69, 9.17) is 5.11 Å². The van der Waals surface area contributed by atoms with Crippen LogP contribution in [-0.4, -0.2) is 60.0 Å². The molecule has 1 N–H and O–H groups in total. The maximum absolute atomic E-state index is 11.9. The normalized spacial score (nSPS) is 15.0. The van der Waals surface area contributed by atoms with Gasteiger partial charge in [0.05, 0.1) is 13.1 Å². The highest BCUT2D eigenvalue weighted by Gasteiger charge is 2.25. The van der Waals surface area contributed by atoms with Crippen LogP contribution >= 0.6 is 0 Å². The Balaban J connectivity index is 2.35. The summed E-state index contributed by atoms with van der Waals surface area (Å²) >= 11 is 0. The second-order valence-corrected chi connectivity index (χ2v) is 4.82. The molecule has 1 saturated carbocycles. The highest BCUT2D eigenvalue weighted by atomic mass is 16.4. The Kier molecular flexibility index (Phi) is 5.41. The van der Waals surface area contributed by atoms with Gasteiger partial charge in [-0.05, 0) is 31.7 Å². The summed E-state index contributed by atoms with van der Waals surface area (Å²) in [7, 11) is 1.80. The predicted octanol–water partition coefficient (Wildman–Crippen LogP) is 0.651. The lowest BCUT2D eigenvalue weighted by Crippen LogP contribution is -2.41. The van der Waals surface area contributed by atoms with Gasteiger partial charge in [-0.2, -0.15) is 0 Å². The van der Waals surface area contributed by atoms with E-state index in [1.54, 1.807) is 16.8 Å². The van der Waals surface area contributed by atoms with Crippen molar-refractivity contribution in [2.75, 3.05) is 33.2 Å². The fraction of sp³-hybridized carbons (Fsp3) is 0.833. The van der Waals surface area contributed by atoms with Crippen LogP contribution in [0.2, 0.25) is 0 Å². The Hall–Kier alpha value is -1.10. The van der Waals surface area contributed by atoms with Crippen LogP contribution in [0.1, 0.15) is 26.2 Å². The Morgan fingerprint density at radius 2 is 1.94 bits per heavy atom. The highest BCUT2D eigenvalue weighted by molar-refractivity contribution is 5.79. The number of likely N-dealkylation sites (N-methyl/N-ethyl adjacent to an activating group) is 1. The van der Waals surface area contributed by atoms with Gasteiger partial charge in [0.1, 0.15) is 0 Å². The number of carboxylic acids is 1. The van der Waals surface area contributed by atoms with Crippen molar-refractivity contribution in [2.24, 2.45) is 5.92 Å². The molecule has 0 aromatic carbocycles. The minimum Gasteiger partial charge on any atom is -0.480 e. The molecule has 1 amide bonds. The van der Waals surface area contributed by atoms with E-state index in [1.165, 1.54) is 12.8 Å². The first-order chi connectivity index (χ1) is 8.02. The summed E-state index contributed by atoms with van der Waals surface area (Å²) in [6.07, 6.45) is 3.28. The van der Waals surface area contributed by atoms with Crippen LogP contribution in [0, 0.1) is 5.92 Å². The second kappa shape index (κ2) is 6.59. The highest BCUT2D eigenvalue weighted by Crippen LogP contribution is 2.29. The number of carbonyl (C=O) groups excluding carboxylic acids is 1. The lowest BCUT2D eigenvalue weighted by atomic mass is 10.3. The molecule has 0 spiro atoms. The number of nitrogens with zero attached hydrogens (tertiary/aromatic N) is 2. The largest absolute Gasteiger partial charge is 0.480 e. The quantitative estimate of drug-likeness (QED) is 0.679. The standard InChI is InChI=1S/C12H22N2O3/c1-3-6-14(9-12(16)17)8-11(15)13(2)7-10-4-5-10/h10H,3-9H2,1-2H3,(H,16,17). The maximum atomic E-state index is 11.9. The first kappa shape index (κ1) is 14.0. The summed E-state index contributed by atoms with van der Waals surface area (Å²) < 4.78 is 0. The van der Waals surface area contributed by atoms with Crippen LogP contribution < -0.4 is 0 Å². The minimum absolute atomic E-state index is 0.0200. The zero-order chi connectivity index (χ0) is 12.8. The predicted molar refractivity (Wildman–Crippen MR) is 64.7 cm³/mol. The number of carboxylic acid groups (broad SMARTS) is 1. The molecule has 0 aromatic rings. The van der Waals surface area contributed by atoms with Crippen molar-refractivity contribution in [3.8, 4) is 0 Å². The second-order valence-electron chi connectivity index (χ2n) is 4.82.